The molecule has 0 bridgehead atoms. The first kappa shape index (κ1) is 33.6. The van der Waals surface area contributed by atoms with Crippen LogP contribution >= 0.6 is 7.60 Å². The molecule has 1 fully saturated rings. The van der Waals surface area contributed by atoms with Gasteiger partial charge in [-0.1, -0.05) is 12.8 Å². The molecule has 3 rings (SSSR count). The molecule has 0 aliphatic carbocycles. The number of aromatic nitrogens is 3. The third-order valence-electron chi connectivity index (χ3n) is 6.95. The molecule has 1 aliphatic rings. The zero-order valence-corrected chi connectivity index (χ0v) is 24.2. The number of ether oxygens (including phenoxy) is 2. The van der Waals surface area contributed by atoms with E-state index in [0.717, 1.165) is 4.57 Å². The fraction of sp³-hybridized carbons (Fsp3) is 0.600. The van der Waals surface area contributed by atoms with Gasteiger partial charge in [0.2, 0.25) is 0 Å². The molecule has 0 aromatic carbocycles. The van der Waals surface area contributed by atoms with Gasteiger partial charge in [-0.25, -0.2) is 4.79 Å². The molecule has 8 N–H and O–H groups in total. The van der Waals surface area contributed by atoms with Crippen LogP contribution in [0.2, 0.25) is 0 Å². The minimum Gasteiger partial charge on any atom is -0.506 e. The number of hydrogen-bond donors (Lipinski definition) is 7. The number of aliphatic hydroxyl groups excluding tert-OH is 3. The predicted octanol–water partition coefficient (Wildman–Crippen LogP) is -0.560. The number of aryl methyl sites for hydroxylation is 1. The quantitative estimate of drug-likeness (QED) is 0.0753. The number of unbranched alkanes of at least 4 members (excludes halogenated alkanes) is 2. The summed E-state index contributed by atoms with van der Waals surface area (Å²) >= 11 is 0. The number of rotatable bonds is 15. The van der Waals surface area contributed by atoms with Gasteiger partial charge in [-0.3, -0.25) is 18.9 Å². The van der Waals surface area contributed by atoms with E-state index in [9.17, 15) is 39.5 Å². The number of nitrogens with two attached hydrogens (primary N) is 1. The van der Waals surface area contributed by atoms with Crippen molar-refractivity contribution >= 4 is 19.4 Å². The lowest BCUT2D eigenvalue weighted by Gasteiger charge is -2.19. The number of aliphatic hydroxyl groups is 3. The van der Waals surface area contributed by atoms with Gasteiger partial charge in [0.25, 0.3) is 0 Å². The maximum atomic E-state index is 12.6. The monoisotopic (exact) mass is 615 g/mol. The highest BCUT2D eigenvalue weighted by molar-refractivity contribution is 7.52. The minimum atomic E-state index is -4.09. The third kappa shape index (κ3) is 8.55. The Labute approximate surface area is 241 Å². The summed E-state index contributed by atoms with van der Waals surface area (Å²) in [5.41, 5.74) is 5.89. The molecule has 234 valence electrons. The van der Waals surface area contributed by atoms with Crippen molar-refractivity contribution in [3.05, 3.63) is 45.8 Å². The highest BCUT2D eigenvalue weighted by atomic mass is 31.2. The van der Waals surface area contributed by atoms with E-state index < -0.39 is 56.4 Å². The molecule has 1 saturated heterocycles. The van der Waals surface area contributed by atoms with Crippen LogP contribution in [-0.4, -0.2) is 90.1 Å². The van der Waals surface area contributed by atoms with Gasteiger partial charge in [-0.2, -0.15) is 4.98 Å². The second kappa shape index (κ2) is 15.0. The smallest absolute Gasteiger partial charge is 0.351 e. The van der Waals surface area contributed by atoms with Gasteiger partial charge in [0.05, 0.1) is 26.0 Å². The summed E-state index contributed by atoms with van der Waals surface area (Å²) in [6.07, 6.45) is -1.40. The van der Waals surface area contributed by atoms with Gasteiger partial charge in [0, 0.05) is 36.2 Å². The Morgan fingerprint density at radius 1 is 1.29 bits per heavy atom. The van der Waals surface area contributed by atoms with E-state index in [2.05, 4.69) is 15.3 Å². The molecule has 3 unspecified atom stereocenters. The van der Waals surface area contributed by atoms with E-state index in [1.165, 1.54) is 25.6 Å². The van der Waals surface area contributed by atoms with Crippen molar-refractivity contribution in [2.45, 2.75) is 76.3 Å². The number of nitrogen functional groups attached to an aromatic ring is 1. The Hall–Kier alpha value is -2.95. The first-order chi connectivity index (χ1) is 19.9. The van der Waals surface area contributed by atoms with Crippen LogP contribution in [0.4, 0.5) is 5.82 Å². The van der Waals surface area contributed by atoms with Crippen LogP contribution in [0, 0.1) is 6.92 Å². The van der Waals surface area contributed by atoms with Crippen LogP contribution < -0.4 is 16.7 Å². The number of pyridine rings is 1. The van der Waals surface area contributed by atoms with Gasteiger partial charge in [-0.05, 0) is 25.8 Å². The number of nitrogens with one attached hydrogen (secondary N) is 1. The average molecular weight is 616 g/mol. The molecule has 0 radical (unpaired) electrons. The van der Waals surface area contributed by atoms with E-state index >= 15 is 0 Å². The molecule has 1 aliphatic heterocycles. The second-order valence-corrected chi connectivity index (χ2v) is 11.9. The van der Waals surface area contributed by atoms with Gasteiger partial charge in [0.1, 0.15) is 35.9 Å². The lowest BCUT2D eigenvalue weighted by molar-refractivity contribution is -0.143. The summed E-state index contributed by atoms with van der Waals surface area (Å²) in [7, 11) is -2.84. The summed E-state index contributed by atoms with van der Waals surface area (Å²) in [4.78, 5) is 42.1. The van der Waals surface area contributed by atoms with Gasteiger partial charge < -0.3 is 50.4 Å². The molecule has 16 nitrogen and oxygen atoms in total. The lowest BCUT2D eigenvalue weighted by Crippen LogP contribution is -2.37. The Kier molecular flexibility index (Phi) is 12.0. The van der Waals surface area contributed by atoms with Crippen molar-refractivity contribution in [2.75, 3.05) is 25.6 Å². The zero-order chi connectivity index (χ0) is 31.0. The SMILES string of the molecule is COC(=O)C(CCCCCP(=O)(O)OC[C@H]1O[C@@H](n2ccc(N)nc2=O)C(O)[C@H]1O)NCc1c(CO)cnc(C)c1O. The van der Waals surface area contributed by atoms with E-state index in [4.69, 9.17) is 19.7 Å². The summed E-state index contributed by atoms with van der Waals surface area (Å²) in [6.45, 7) is 0.854. The Morgan fingerprint density at radius 3 is 2.69 bits per heavy atom. The molecule has 3 heterocycles. The number of carbonyl (C=O) groups excluding carboxylic acids is 1. The largest absolute Gasteiger partial charge is 0.506 e. The molecule has 0 spiro atoms. The zero-order valence-electron chi connectivity index (χ0n) is 23.3. The summed E-state index contributed by atoms with van der Waals surface area (Å²) in [5.74, 6) is -0.623. The molecule has 0 saturated carbocycles. The maximum absolute atomic E-state index is 12.6. The molecule has 0 amide bonds. The normalized spacial score (nSPS) is 22.5. The predicted molar refractivity (Wildman–Crippen MR) is 147 cm³/mol. The van der Waals surface area contributed by atoms with Crippen LogP contribution in [0.25, 0.3) is 0 Å². The topological polar surface area (TPSA) is 249 Å². The maximum Gasteiger partial charge on any atom is 0.351 e. The molecule has 6 atom stereocenters. The van der Waals surface area contributed by atoms with Gasteiger partial charge in [0.15, 0.2) is 6.23 Å². The van der Waals surface area contributed by atoms with Crippen molar-refractivity contribution in [1.29, 1.82) is 0 Å². The average Bonchev–Trinajstić information content (AvgIpc) is 3.23. The fourth-order valence-corrected chi connectivity index (χ4v) is 5.63. The molecule has 17 heteroatoms. The Bertz CT molecular complexity index is 1330. The minimum absolute atomic E-state index is 0.0283. The Balaban J connectivity index is 1.45. The highest BCUT2D eigenvalue weighted by Crippen LogP contribution is 2.44. The summed E-state index contributed by atoms with van der Waals surface area (Å²) in [5, 5.41) is 43.5. The first-order valence-corrected chi connectivity index (χ1v) is 15.1. The number of carbonyl (C=O) groups is 1. The standard InChI is InChI=1S/C25H38N5O11P/c1-14-20(32)16(15(12-31)10-27-14)11-28-17(24(35)39-2)6-4-3-5-9-42(37,38)40-13-18-21(33)22(34)23(41-18)30-8-7-19(26)29-25(30)36/h7-8,10,17-18,21-23,28,31-34H,3-6,9,11-13H2,1-2H3,(H,37,38)(H2,26,29,36)/t17?,18-,21+,22?,23-/m1/s1. The van der Waals surface area contributed by atoms with Gasteiger partial charge >= 0.3 is 19.3 Å². The van der Waals surface area contributed by atoms with E-state index in [0.29, 0.717) is 36.1 Å². The van der Waals surface area contributed by atoms with E-state index in [1.54, 1.807) is 6.92 Å². The molecule has 2 aromatic heterocycles. The molecule has 42 heavy (non-hydrogen) atoms. The number of esters is 1. The number of nitrogens with zero attached hydrogens (tertiary/aromatic N) is 3. The number of hydrogen-bond acceptors (Lipinski definition) is 14. The second-order valence-electron chi connectivity index (χ2n) is 9.91. The van der Waals surface area contributed by atoms with Crippen LogP contribution in [0.1, 0.15) is 48.7 Å². The lowest BCUT2D eigenvalue weighted by atomic mass is 10.1. The number of methoxy groups -OCH3 is 1. The fourth-order valence-electron chi connectivity index (χ4n) is 4.50. The van der Waals surface area contributed by atoms with Crippen molar-refractivity contribution in [3.63, 3.8) is 0 Å². The molecule has 2 aromatic rings. The van der Waals surface area contributed by atoms with Crippen molar-refractivity contribution in [1.82, 2.24) is 19.9 Å². The van der Waals surface area contributed by atoms with Crippen molar-refractivity contribution in [2.24, 2.45) is 0 Å². The third-order valence-corrected chi connectivity index (χ3v) is 8.38. The van der Waals surface area contributed by atoms with Gasteiger partial charge in [-0.15, -0.1) is 0 Å². The van der Waals surface area contributed by atoms with Crippen LogP contribution in [0.5, 0.6) is 5.75 Å². The summed E-state index contributed by atoms with van der Waals surface area (Å²) in [6, 6.07) is 0.592. The van der Waals surface area contributed by atoms with E-state index in [-0.39, 0.29) is 37.3 Å². The Morgan fingerprint density at radius 2 is 2.02 bits per heavy atom. The summed E-state index contributed by atoms with van der Waals surface area (Å²) < 4.78 is 29.0. The number of anilines is 1. The van der Waals surface area contributed by atoms with Crippen LogP contribution in [-0.2, 0) is 36.5 Å². The number of aromatic hydroxyl groups is 1. The molecular weight excluding hydrogens is 577 g/mol. The van der Waals surface area contributed by atoms with E-state index in [1.807, 2.05) is 0 Å². The van der Waals surface area contributed by atoms with Crippen molar-refractivity contribution < 1.29 is 48.7 Å². The van der Waals surface area contributed by atoms with Crippen molar-refractivity contribution in [3.8, 4) is 5.75 Å². The highest BCUT2D eigenvalue weighted by Gasteiger charge is 2.45. The van der Waals surface area contributed by atoms with Crippen LogP contribution in [0.15, 0.2) is 23.3 Å². The molecular formula is C25H38N5O11P. The van der Waals surface area contributed by atoms with Crippen LogP contribution in [0.3, 0.4) is 0 Å². The first-order valence-electron chi connectivity index (χ1n) is 13.3.